The number of fused-ring (bicyclic) bond motifs is 1. The number of rotatable bonds is 5. The molecule has 5 heteroatoms. The van der Waals surface area contributed by atoms with Crippen molar-refractivity contribution in [3.8, 4) is 22.6 Å². The van der Waals surface area contributed by atoms with Crippen molar-refractivity contribution in [3.63, 3.8) is 0 Å². The molecule has 0 bridgehead atoms. The second-order valence-corrected chi connectivity index (χ2v) is 8.82. The van der Waals surface area contributed by atoms with E-state index in [0.717, 1.165) is 33.6 Å². The fourth-order valence-corrected chi connectivity index (χ4v) is 4.45. The predicted molar refractivity (Wildman–Crippen MR) is 140 cm³/mol. The first-order valence-electron chi connectivity index (χ1n) is 11.4. The van der Waals surface area contributed by atoms with Gasteiger partial charge in [-0.1, -0.05) is 54.6 Å². The molecule has 1 N–H and O–H groups in total. The van der Waals surface area contributed by atoms with E-state index in [1.54, 1.807) is 6.33 Å². The lowest BCUT2D eigenvalue weighted by Crippen LogP contribution is -2.12. The van der Waals surface area contributed by atoms with Crippen molar-refractivity contribution in [1.82, 2.24) is 9.55 Å². The van der Waals surface area contributed by atoms with E-state index in [4.69, 9.17) is 4.42 Å². The van der Waals surface area contributed by atoms with Crippen LogP contribution in [0.4, 0.5) is 5.69 Å². The maximum atomic E-state index is 13.4. The Hall–Kier alpha value is -4.12. The van der Waals surface area contributed by atoms with E-state index >= 15 is 0 Å². The first-order valence-corrected chi connectivity index (χ1v) is 11.4. The summed E-state index contributed by atoms with van der Waals surface area (Å²) in [4.78, 5) is 17.9. The summed E-state index contributed by atoms with van der Waals surface area (Å²) in [6, 6.07) is 21.8. The number of aryl methyl sites for hydroxylation is 2. The topological polar surface area (TPSA) is 60.1 Å². The van der Waals surface area contributed by atoms with Gasteiger partial charge in [-0.25, -0.2) is 4.98 Å². The van der Waals surface area contributed by atoms with E-state index in [2.05, 4.69) is 29.4 Å². The molecular weight excluding hydrogens is 422 g/mol. The molecule has 0 aliphatic rings. The number of para-hydroxylation sites is 1. The van der Waals surface area contributed by atoms with Gasteiger partial charge < -0.3 is 14.3 Å². The van der Waals surface area contributed by atoms with Crippen molar-refractivity contribution in [2.75, 3.05) is 5.32 Å². The average molecular weight is 452 g/mol. The van der Waals surface area contributed by atoms with Crippen LogP contribution in [0.5, 0.6) is 0 Å². The van der Waals surface area contributed by atoms with Crippen LogP contribution in [0.15, 0.2) is 88.5 Å². The largest absolute Gasteiger partial charge is 0.455 e. The first-order chi connectivity index (χ1) is 16.4. The Morgan fingerprint density at radius 2 is 1.76 bits per heavy atom. The van der Waals surface area contributed by atoms with Gasteiger partial charge in [0.15, 0.2) is 5.43 Å². The molecule has 2 aromatic heterocycles. The average Bonchev–Trinajstić information content (AvgIpc) is 3.28. The Morgan fingerprint density at radius 1 is 1.03 bits per heavy atom. The van der Waals surface area contributed by atoms with Crippen LogP contribution < -0.4 is 10.7 Å². The molecule has 0 saturated carbocycles. The number of hydrogen-bond donors (Lipinski definition) is 1. The molecule has 0 spiro atoms. The van der Waals surface area contributed by atoms with E-state index in [1.807, 2.05) is 86.3 Å². The molecule has 2 heterocycles. The summed E-state index contributed by atoms with van der Waals surface area (Å²) < 4.78 is 8.40. The molecule has 0 amide bonds. The van der Waals surface area contributed by atoms with Gasteiger partial charge in [0, 0.05) is 42.6 Å². The zero-order valence-corrected chi connectivity index (χ0v) is 19.8. The predicted octanol–water partition coefficient (Wildman–Crippen LogP) is 6.90. The van der Waals surface area contributed by atoms with Crippen LogP contribution >= 0.6 is 0 Å². The van der Waals surface area contributed by atoms with Gasteiger partial charge in [0.2, 0.25) is 0 Å². The third-order valence-electron chi connectivity index (χ3n) is 6.17. The van der Waals surface area contributed by atoms with E-state index in [1.165, 1.54) is 0 Å². The summed E-state index contributed by atoms with van der Waals surface area (Å²) in [6.45, 7) is 5.93. The van der Waals surface area contributed by atoms with E-state index in [-0.39, 0.29) is 12.9 Å². The lowest BCUT2D eigenvalue weighted by atomic mass is 9.98. The minimum Gasteiger partial charge on any atom is -0.455 e. The molecule has 5 nitrogen and oxygen atoms in total. The third kappa shape index (κ3) is 3.90. The van der Waals surface area contributed by atoms with Crippen LogP contribution in [0.2, 0.25) is 0 Å². The van der Waals surface area contributed by atoms with Crippen molar-refractivity contribution in [3.05, 3.63) is 106 Å². The molecule has 1 atom stereocenters. The second-order valence-electron chi connectivity index (χ2n) is 8.82. The number of hydrogen-bond acceptors (Lipinski definition) is 4. The van der Waals surface area contributed by atoms with E-state index in [0.29, 0.717) is 22.3 Å². The van der Waals surface area contributed by atoms with E-state index < -0.39 is 0 Å². The molecule has 0 radical (unpaired) electrons. The lowest BCUT2D eigenvalue weighted by molar-refractivity contribution is 0.605. The molecule has 0 aliphatic carbocycles. The van der Waals surface area contributed by atoms with E-state index in [9.17, 15) is 4.79 Å². The fraction of sp³-hybridized carbons (Fsp3) is 0.172. The summed E-state index contributed by atoms with van der Waals surface area (Å²) in [6.07, 6.45) is 3.80. The fourth-order valence-electron chi connectivity index (χ4n) is 4.45. The minimum absolute atomic E-state index is 0. The minimum atomic E-state index is -0.109. The molecule has 0 unspecified atom stereocenters. The molecule has 0 aliphatic heterocycles. The summed E-state index contributed by atoms with van der Waals surface area (Å²) in [5.41, 5.74) is 7.01. The van der Waals surface area contributed by atoms with Crippen LogP contribution in [0.3, 0.4) is 0 Å². The third-order valence-corrected chi connectivity index (χ3v) is 6.17. The van der Waals surface area contributed by atoms with Gasteiger partial charge in [-0.3, -0.25) is 4.79 Å². The van der Waals surface area contributed by atoms with Crippen molar-refractivity contribution in [2.45, 2.75) is 26.8 Å². The van der Waals surface area contributed by atoms with Gasteiger partial charge in [0.05, 0.1) is 23.4 Å². The highest BCUT2D eigenvalue weighted by molar-refractivity contribution is 5.85. The summed E-state index contributed by atoms with van der Waals surface area (Å²) >= 11 is 0. The summed E-state index contributed by atoms with van der Waals surface area (Å²) in [5.74, 6) is 0.615. The number of aromatic nitrogens is 2. The molecule has 3 aromatic carbocycles. The number of nitrogens with one attached hydrogen (secondary N) is 1. The molecule has 0 saturated heterocycles. The van der Waals surface area contributed by atoms with Gasteiger partial charge in [-0.2, -0.15) is 0 Å². The lowest BCUT2D eigenvalue weighted by Gasteiger charge is -2.20. The Bertz CT molecular complexity index is 1550. The Labute approximate surface area is 200 Å². The van der Waals surface area contributed by atoms with Gasteiger partial charge in [0.25, 0.3) is 0 Å². The number of benzene rings is 3. The van der Waals surface area contributed by atoms with Gasteiger partial charge in [-0.05, 0) is 38.5 Å². The van der Waals surface area contributed by atoms with Gasteiger partial charge in [0.1, 0.15) is 11.3 Å². The van der Waals surface area contributed by atoms with Crippen LogP contribution in [0.1, 0.15) is 31.1 Å². The van der Waals surface area contributed by atoms with Crippen molar-refractivity contribution < 1.29 is 5.84 Å². The van der Waals surface area contributed by atoms with Crippen LogP contribution in [0.25, 0.3) is 33.6 Å². The molecule has 5 aromatic rings. The zero-order chi connectivity index (χ0) is 23.8. The monoisotopic (exact) mass is 451 g/mol. The molecule has 5 rings (SSSR count). The Morgan fingerprint density at radius 3 is 2.50 bits per heavy atom. The molecular formula is C29H29N3O2. The van der Waals surface area contributed by atoms with Gasteiger partial charge in [-0.15, -0.1) is 0 Å². The van der Waals surface area contributed by atoms with Crippen LogP contribution in [-0.2, 0) is 7.05 Å². The maximum Gasteiger partial charge on any atom is 0.196 e. The summed E-state index contributed by atoms with van der Waals surface area (Å²) in [7, 11) is 1.96. The molecule has 34 heavy (non-hydrogen) atoms. The normalized spacial score (nSPS) is 12.1. The maximum absolute atomic E-state index is 13.4. The summed E-state index contributed by atoms with van der Waals surface area (Å²) in [5, 5.41) is 4.25. The highest BCUT2D eigenvalue weighted by Crippen LogP contribution is 2.34. The second kappa shape index (κ2) is 8.67. The first kappa shape index (κ1) is 21.7. The highest BCUT2D eigenvalue weighted by Gasteiger charge is 2.19. The zero-order valence-electron chi connectivity index (χ0n) is 19.8. The number of imidazole rings is 1. The molecule has 0 fully saturated rings. The van der Waals surface area contributed by atoms with Crippen molar-refractivity contribution >= 4 is 16.7 Å². The quantitative estimate of drug-likeness (QED) is 0.316. The van der Waals surface area contributed by atoms with Crippen molar-refractivity contribution in [1.29, 1.82) is 0 Å². The van der Waals surface area contributed by atoms with Crippen molar-refractivity contribution in [2.24, 2.45) is 7.05 Å². The molecule has 172 valence electrons. The highest BCUT2D eigenvalue weighted by atomic mass is 16.3. The smallest absolute Gasteiger partial charge is 0.196 e. The SMILES string of the molecule is Cc1cc([C@@H](C)Nc2ccccc2-c2cn(C)cn2)c2oc(-c3ccccc3)c(C)c(=O)c2c1.[HH]. The van der Waals surface area contributed by atoms with Crippen LogP contribution in [-0.4, -0.2) is 9.55 Å². The standard InChI is InChI=1S/C29H27N3O2.H2/c1-18-14-23(20(3)31-25-13-9-8-12-22(25)26-16-32(4)17-30-26)29-24(15-18)27(33)19(2)28(34-29)21-10-6-5-7-11-21;/h5-17,20,31H,1-4H3;1H/t20-;/m1./s1. The van der Waals surface area contributed by atoms with Crippen LogP contribution in [0, 0.1) is 13.8 Å². The van der Waals surface area contributed by atoms with Gasteiger partial charge >= 0.3 is 0 Å². The Kier molecular flexibility index (Phi) is 5.54. The Balaban J connectivity index is 0.00000289. The number of anilines is 1. The number of nitrogens with zero attached hydrogens (tertiary/aromatic N) is 2.